The summed E-state index contributed by atoms with van der Waals surface area (Å²) >= 11 is 0. The number of methoxy groups -OCH3 is 2. The predicted molar refractivity (Wildman–Crippen MR) is 117 cm³/mol. The Bertz CT molecular complexity index is 1210. The predicted octanol–water partition coefficient (Wildman–Crippen LogP) is 3.66. The highest BCUT2D eigenvalue weighted by atomic mass is 16.5. The van der Waals surface area contributed by atoms with Crippen LogP contribution in [0.25, 0.3) is 10.9 Å². The normalized spacial score (nSPS) is 15.8. The fraction of sp³-hybridized carbons (Fsp3) is 0.333. The summed E-state index contributed by atoms with van der Waals surface area (Å²) < 4.78 is 11.0. The van der Waals surface area contributed by atoms with E-state index in [9.17, 15) is 9.59 Å². The summed E-state index contributed by atoms with van der Waals surface area (Å²) in [7, 11) is 3.18. The molecule has 1 N–H and O–H groups in total. The highest BCUT2D eigenvalue weighted by molar-refractivity contribution is 5.83. The van der Waals surface area contributed by atoms with E-state index in [1.54, 1.807) is 26.0 Å². The number of H-pyrrole nitrogens is 1. The third-order valence-electron chi connectivity index (χ3n) is 5.89. The third kappa shape index (κ3) is 3.22. The van der Waals surface area contributed by atoms with Crippen LogP contribution in [0, 0.1) is 13.8 Å². The molecule has 6 heteroatoms. The number of carbonyl (C=O) groups excluding carboxylic acids is 1. The minimum atomic E-state index is -0.486. The molecular weight excluding hydrogens is 380 g/mol. The Hall–Kier alpha value is -3.28. The van der Waals surface area contributed by atoms with Gasteiger partial charge in [0.15, 0.2) is 11.5 Å². The molecular formula is C24H26N2O4. The lowest BCUT2D eigenvalue weighted by molar-refractivity contribution is -0.130. The van der Waals surface area contributed by atoms with E-state index in [4.69, 9.17) is 9.47 Å². The molecule has 0 bridgehead atoms. The molecule has 0 fully saturated rings. The van der Waals surface area contributed by atoms with Gasteiger partial charge in [0.2, 0.25) is 5.91 Å². The van der Waals surface area contributed by atoms with Crippen molar-refractivity contribution in [3.63, 3.8) is 0 Å². The Balaban J connectivity index is 1.99. The summed E-state index contributed by atoms with van der Waals surface area (Å²) in [6.45, 7) is 6.10. The first kappa shape index (κ1) is 20.0. The summed E-state index contributed by atoms with van der Waals surface area (Å²) in [5.74, 6) is 1.15. The van der Waals surface area contributed by atoms with Gasteiger partial charge >= 0.3 is 0 Å². The largest absolute Gasteiger partial charge is 0.493 e. The Morgan fingerprint density at radius 3 is 2.40 bits per heavy atom. The maximum atomic E-state index is 13.2. The van der Waals surface area contributed by atoms with Crippen LogP contribution in [0.15, 0.2) is 35.1 Å². The van der Waals surface area contributed by atoms with Gasteiger partial charge in [0.25, 0.3) is 5.56 Å². The molecule has 0 saturated carbocycles. The number of carbonyl (C=O) groups is 1. The van der Waals surface area contributed by atoms with Crippen molar-refractivity contribution in [1.29, 1.82) is 0 Å². The lowest BCUT2D eigenvalue weighted by atomic mass is 9.87. The van der Waals surface area contributed by atoms with Gasteiger partial charge < -0.3 is 19.4 Å². The Kier molecular flexibility index (Phi) is 5.02. The number of amides is 1. The number of aromatic amines is 1. The van der Waals surface area contributed by atoms with Gasteiger partial charge in [0, 0.05) is 19.0 Å². The number of hydrogen-bond acceptors (Lipinski definition) is 4. The molecule has 4 rings (SSSR count). The van der Waals surface area contributed by atoms with Crippen molar-refractivity contribution in [3.05, 3.63) is 68.5 Å². The fourth-order valence-electron chi connectivity index (χ4n) is 4.53. The van der Waals surface area contributed by atoms with E-state index in [0.717, 1.165) is 33.2 Å². The third-order valence-corrected chi connectivity index (χ3v) is 5.89. The number of hydrogen-bond donors (Lipinski definition) is 1. The molecule has 0 unspecified atom stereocenters. The van der Waals surface area contributed by atoms with Crippen LogP contribution >= 0.6 is 0 Å². The number of pyridine rings is 1. The maximum absolute atomic E-state index is 13.2. The van der Waals surface area contributed by atoms with Gasteiger partial charge in [-0.2, -0.15) is 0 Å². The first-order chi connectivity index (χ1) is 14.3. The molecule has 3 aromatic rings. The van der Waals surface area contributed by atoms with Crippen molar-refractivity contribution in [2.24, 2.45) is 0 Å². The Labute approximate surface area is 175 Å². The number of nitrogens with zero attached hydrogens (tertiary/aromatic N) is 1. The molecule has 0 saturated heterocycles. The number of aromatic nitrogens is 1. The molecule has 156 valence electrons. The van der Waals surface area contributed by atoms with Crippen molar-refractivity contribution < 1.29 is 14.3 Å². The van der Waals surface area contributed by atoms with Crippen LogP contribution in [0.1, 0.15) is 40.8 Å². The second-order valence-corrected chi connectivity index (χ2v) is 7.87. The highest BCUT2D eigenvalue weighted by Crippen LogP contribution is 2.40. The summed E-state index contributed by atoms with van der Waals surface area (Å²) in [5.41, 5.74) is 5.28. The van der Waals surface area contributed by atoms with E-state index in [1.807, 2.05) is 38.1 Å². The van der Waals surface area contributed by atoms with Crippen molar-refractivity contribution in [3.8, 4) is 11.5 Å². The molecule has 1 atom stereocenters. The van der Waals surface area contributed by atoms with E-state index in [0.29, 0.717) is 30.0 Å². The van der Waals surface area contributed by atoms with Crippen LogP contribution in [0.2, 0.25) is 0 Å². The molecule has 2 aromatic carbocycles. The van der Waals surface area contributed by atoms with E-state index in [2.05, 4.69) is 11.1 Å². The van der Waals surface area contributed by atoms with Crippen molar-refractivity contribution in [2.75, 3.05) is 20.8 Å². The van der Waals surface area contributed by atoms with Gasteiger partial charge in [0.05, 0.1) is 25.8 Å². The minimum absolute atomic E-state index is 0.0691. The SMILES string of the molecule is COc1cc2c(cc1OC)[C@H](c1cc3cc(C)cc(C)c3[nH]c1=O)N(C(C)=O)CC2. The molecule has 0 aliphatic carbocycles. The van der Waals surface area contributed by atoms with Gasteiger partial charge in [-0.25, -0.2) is 0 Å². The summed E-state index contributed by atoms with van der Waals surface area (Å²) in [6.07, 6.45) is 0.690. The maximum Gasteiger partial charge on any atom is 0.254 e. The van der Waals surface area contributed by atoms with E-state index >= 15 is 0 Å². The number of nitrogens with one attached hydrogen (secondary N) is 1. The zero-order valence-corrected chi connectivity index (χ0v) is 18.0. The number of ether oxygens (including phenoxy) is 2. The molecule has 1 aromatic heterocycles. The highest BCUT2D eigenvalue weighted by Gasteiger charge is 2.33. The average molecular weight is 406 g/mol. The van der Waals surface area contributed by atoms with Crippen molar-refractivity contribution in [2.45, 2.75) is 33.2 Å². The van der Waals surface area contributed by atoms with E-state index < -0.39 is 6.04 Å². The van der Waals surface area contributed by atoms with Crippen LogP contribution < -0.4 is 15.0 Å². The molecule has 1 aliphatic rings. The average Bonchev–Trinajstić information content (AvgIpc) is 2.71. The molecule has 1 aliphatic heterocycles. The summed E-state index contributed by atoms with van der Waals surface area (Å²) in [4.78, 5) is 30.5. The monoisotopic (exact) mass is 406 g/mol. The molecule has 30 heavy (non-hydrogen) atoms. The number of rotatable bonds is 3. The van der Waals surface area contributed by atoms with Gasteiger partial charge in [-0.05, 0) is 66.6 Å². The summed E-state index contributed by atoms with van der Waals surface area (Å²) in [5, 5.41) is 0.957. The van der Waals surface area contributed by atoms with E-state index in [1.165, 1.54) is 0 Å². The van der Waals surface area contributed by atoms with Crippen LogP contribution in [0.3, 0.4) is 0 Å². The lowest BCUT2D eigenvalue weighted by Gasteiger charge is -2.37. The van der Waals surface area contributed by atoms with Gasteiger partial charge in [0.1, 0.15) is 0 Å². The van der Waals surface area contributed by atoms with Gasteiger partial charge in [-0.1, -0.05) is 11.6 Å². The first-order valence-electron chi connectivity index (χ1n) is 10.00. The topological polar surface area (TPSA) is 71.6 Å². The van der Waals surface area contributed by atoms with Gasteiger partial charge in [-0.3, -0.25) is 9.59 Å². The smallest absolute Gasteiger partial charge is 0.254 e. The molecule has 0 radical (unpaired) electrons. The quantitative estimate of drug-likeness (QED) is 0.721. The fourth-order valence-corrected chi connectivity index (χ4v) is 4.53. The van der Waals surface area contributed by atoms with Crippen LogP contribution in [-0.4, -0.2) is 36.6 Å². The van der Waals surface area contributed by atoms with Crippen LogP contribution in [0.4, 0.5) is 0 Å². The van der Waals surface area contributed by atoms with Crippen molar-refractivity contribution in [1.82, 2.24) is 9.88 Å². The molecule has 2 heterocycles. The Morgan fingerprint density at radius 2 is 1.73 bits per heavy atom. The molecule has 1 amide bonds. The lowest BCUT2D eigenvalue weighted by Crippen LogP contribution is -2.41. The minimum Gasteiger partial charge on any atom is -0.493 e. The number of benzene rings is 2. The summed E-state index contributed by atoms with van der Waals surface area (Å²) in [6, 6.07) is 9.37. The molecule has 0 spiro atoms. The first-order valence-corrected chi connectivity index (χ1v) is 10.00. The van der Waals surface area contributed by atoms with Gasteiger partial charge in [-0.15, -0.1) is 0 Å². The Morgan fingerprint density at radius 1 is 1.03 bits per heavy atom. The number of fused-ring (bicyclic) bond motifs is 2. The van der Waals surface area contributed by atoms with Crippen molar-refractivity contribution >= 4 is 16.8 Å². The number of aryl methyl sites for hydroxylation is 2. The second-order valence-electron chi connectivity index (χ2n) is 7.87. The second kappa shape index (κ2) is 7.52. The van der Waals surface area contributed by atoms with Crippen LogP contribution in [0.5, 0.6) is 11.5 Å². The van der Waals surface area contributed by atoms with Crippen LogP contribution in [-0.2, 0) is 11.2 Å². The zero-order chi connectivity index (χ0) is 21.6. The standard InChI is InChI=1S/C24H26N2O4/c1-13-8-14(2)22-17(9-13)10-19(24(28)25-22)23-18-12-21(30-5)20(29-4)11-16(18)6-7-26(23)15(3)27/h8-12,23H,6-7H2,1-5H3,(H,25,28)/t23-/m1/s1. The molecule has 6 nitrogen and oxygen atoms in total. The zero-order valence-electron chi connectivity index (χ0n) is 18.0. The van der Waals surface area contributed by atoms with E-state index in [-0.39, 0.29) is 11.5 Å².